The van der Waals surface area contributed by atoms with Crippen molar-refractivity contribution in [1.29, 1.82) is 0 Å². The van der Waals surface area contributed by atoms with Gasteiger partial charge in [-0.1, -0.05) is 6.58 Å². The molecule has 1 aliphatic heterocycles. The topological polar surface area (TPSA) is 42.7 Å². The molecule has 2 atom stereocenters. The van der Waals surface area contributed by atoms with Crippen LogP contribution in [0.3, 0.4) is 0 Å². The Morgan fingerprint density at radius 1 is 1.53 bits per heavy atom. The van der Waals surface area contributed by atoms with Gasteiger partial charge in [0.1, 0.15) is 11.5 Å². The predicted molar refractivity (Wildman–Crippen MR) is 70.4 cm³/mol. The average molecular weight is 259 g/mol. The van der Waals surface area contributed by atoms with Gasteiger partial charge >= 0.3 is 0 Å². The van der Waals surface area contributed by atoms with E-state index in [2.05, 4.69) is 6.58 Å². The zero-order valence-electron chi connectivity index (χ0n) is 11.0. The lowest BCUT2D eigenvalue weighted by atomic mass is 9.97. The zero-order valence-corrected chi connectivity index (χ0v) is 11.0. The number of furan rings is 1. The SMILES string of the molecule is C=C1C(OC)=C[C@H](c2ccco2)[C@H]1N1CCCC1=O. The number of methoxy groups -OCH3 is 1. The first-order chi connectivity index (χ1) is 9.22. The number of nitrogens with zero attached hydrogens (tertiary/aromatic N) is 1. The van der Waals surface area contributed by atoms with Crippen LogP contribution in [0.2, 0.25) is 0 Å². The summed E-state index contributed by atoms with van der Waals surface area (Å²) in [6.07, 6.45) is 5.18. The van der Waals surface area contributed by atoms with E-state index in [1.807, 2.05) is 23.1 Å². The molecule has 2 aliphatic rings. The van der Waals surface area contributed by atoms with Gasteiger partial charge in [-0.2, -0.15) is 0 Å². The van der Waals surface area contributed by atoms with Crippen molar-refractivity contribution < 1.29 is 13.9 Å². The molecule has 0 radical (unpaired) electrons. The predicted octanol–water partition coefficient (Wildman–Crippen LogP) is 2.45. The highest BCUT2D eigenvalue weighted by molar-refractivity contribution is 5.79. The minimum Gasteiger partial charge on any atom is -0.497 e. The summed E-state index contributed by atoms with van der Waals surface area (Å²) in [5.41, 5.74) is 0.860. The number of amides is 1. The van der Waals surface area contributed by atoms with E-state index < -0.39 is 0 Å². The molecular formula is C15H17NO3. The molecular weight excluding hydrogens is 242 g/mol. The first-order valence-electron chi connectivity index (χ1n) is 6.50. The molecule has 0 saturated carbocycles. The molecule has 0 aromatic carbocycles. The number of carbonyl (C=O) groups excluding carboxylic acids is 1. The molecule has 100 valence electrons. The minimum atomic E-state index is -0.0731. The molecule has 1 aliphatic carbocycles. The van der Waals surface area contributed by atoms with E-state index in [-0.39, 0.29) is 17.9 Å². The Morgan fingerprint density at radius 3 is 2.95 bits per heavy atom. The number of likely N-dealkylation sites (tertiary alicyclic amines) is 1. The summed E-state index contributed by atoms with van der Waals surface area (Å²) < 4.78 is 10.9. The Labute approximate surface area is 112 Å². The van der Waals surface area contributed by atoms with Crippen molar-refractivity contribution in [3.8, 4) is 0 Å². The lowest BCUT2D eigenvalue weighted by Crippen LogP contribution is -2.39. The number of hydrogen-bond acceptors (Lipinski definition) is 3. The number of hydrogen-bond donors (Lipinski definition) is 0. The van der Waals surface area contributed by atoms with E-state index in [1.54, 1.807) is 13.4 Å². The third-order valence-corrected chi connectivity index (χ3v) is 3.88. The van der Waals surface area contributed by atoms with Crippen molar-refractivity contribution in [1.82, 2.24) is 4.90 Å². The Kier molecular flexibility index (Phi) is 2.93. The number of carbonyl (C=O) groups is 1. The van der Waals surface area contributed by atoms with Crippen LogP contribution in [-0.2, 0) is 9.53 Å². The average Bonchev–Trinajstić information content (AvgIpc) is 3.09. The van der Waals surface area contributed by atoms with Crippen LogP contribution >= 0.6 is 0 Å². The summed E-state index contributed by atoms with van der Waals surface area (Å²) in [5.74, 6) is 1.79. The van der Waals surface area contributed by atoms with Crippen LogP contribution in [0, 0.1) is 0 Å². The second-order valence-electron chi connectivity index (χ2n) is 4.94. The summed E-state index contributed by atoms with van der Waals surface area (Å²) in [6, 6.07) is 3.72. The zero-order chi connectivity index (χ0) is 13.4. The fourth-order valence-electron chi connectivity index (χ4n) is 2.99. The van der Waals surface area contributed by atoms with Gasteiger partial charge in [0.25, 0.3) is 0 Å². The Hall–Kier alpha value is -1.97. The highest BCUT2D eigenvalue weighted by atomic mass is 16.5. The van der Waals surface area contributed by atoms with Gasteiger partial charge in [0.05, 0.1) is 25.3 Å². The van der Waals surface area contributed by atoms with E-state index in [0.29, 0.717) is 6.42 Å². The van der Waals surface area contributed by atoms with Crippen LogP contribution in [0.15, 0.2) is 46.8 Å². The van der Waals surface area contributed by atoms with Gasteiger partial charge in [0.2, 0.25) is 5.91 Å². The highest BCUT2D eigenvalue weighted by Crippen LogP contribution is 2.41. The van der Waals surface area contributed by atoms with Gasteiger partial charge in [-0.25, -0.2) is 0 Å². The van der Waals surface area contributed by atoms with Gasteiger partial charge in [-0.3, -0.25) is 4.79 Å². The molecule has 2 heterocycles. The van der Waals surface area contributed by atoms with Crippen molar-refractivity contribution in [2.45, 2.75) is 24.8 Å². The molecule has 1 fully saturated rings. The molecule has 0 unspecified atom stereocenters. The summed E-state index contributed by atoms with van der Waals surface area (Å²) in [5, 5.41) is 0. The van der Waals surface area contributed by atoms with Crippen LogP contribution in [0.25, 0.3) is 0 Å². The molecule has 4 heteroatoms. The van der Waals surface area contributed by atoms with Crippen molar-refractivity contribution in [2.24, 2.45) is 0 Å². The van der Waals surface area contributed by atoms with Gasteiger partial charge in [-0.15, -0.1) is 0 Å². The largest absolute Gasteiger partial charge is 0.497 e. The van der Waals surface area contributed by atoms with Crippen LogP contribution < -0.4 is 0 Å². The fraction of sp³-hybridized carbons (Fsp3) is 0.400. The van der Waals surface area contributed by atoms with Gasteiger partial charge < -0.3 is 14.1 Å². The summed E-state index contributed by atoms with van der Waals surface area (Å²) in [4.78, 5) is 13.9. The molecule has 1 aromatic heterocycles. The second-order valence-corrected chi connectivity index (χ2v) is 4.94. The third-order valence-electron chi connectivity index (χ3n) is 3.88. The van der Waals surface area contributed by atoms with Gasteiger partial charge in [0.15, 0.2) is 0 Å². The van der Waals surface area contributed by atoms with Crippen molar-refractivity contribution >= 4 is 5.91 Å². The Morgan fingerprint density at radius 2 is 2.37 bits per heavy atom. The van der Waals surface area contributed by atoms with Crippen molar-refractivity contribution in [3.05, 3.63) is 48.1 Å². The molecule has 0 bridgehead atoms. The van der Waals surface area contributed by atoms with Crippen LogP contribution in [0.5, 0.6) is 0 Å². The molecule has 0 N–H and O–H groups in total. The molecule has 0 spiro atoms. The summed E-state index contributed by atoms with van der Waals surface area (Å²) in [7, 11) is 1.63. The quantitative estimate of drug-likeness (QED) is 0.837. The van der Waals surface area contributed by atoms with Crippen LogP contribution in [-0.4, -0.2) is 30.5 Å². The Balaban J connectivity index is 1.96. The van der Waals surface area contributed by atoms with Crippen LogP contribution in [0.4, 0.5) is 0 Å². The normalized spacial score (nSPS) is 27.0. The summed E-state index contributed by atoms with van der Waals surface area (Å²) >= 11 is 0. The minimum absolute atomic E-state index is 0.000463. The van der Waals surface area contributed by atoms with Crippen LogP contribution in [0.1, 0.15) is 24.5 Å². The molecule has 3 rings (SSSR count). The molecule has 1 saturated heterocycles. The van der Waals surface area contributed by atoms with E-state index in [1.165, 1.54) is 0 Å². The highest BCUT2D eigenvalue weighted by Gasteiger charge is 2.41. The Bertz CT molecular complexity index is 530. The first kappa shape index (κ1) is 12.1. The van der Waals surface area contributed by atoms with Crippen molar-refractivity contribution in [3.63, 3.8) is 0 Å². The molecule has 1 aromatic rings. The second kappa shape index (κ2) is 4.61. The van der Waals surface area contributed by atoms with Gasteiger partial charge in [-0.05, 0) is 24.6 Å². The van der Waals surface area contributed by atoms with E-state index in [0.717, 1.165) is 30.1 Å². The van der Waals surface area contributed by atoms with E-state index in [4.69, 9.17) is 9.15 Å². The summed E-state index contributed by atoms with van der Waals surface area (Å²) in [6.45, 7) is 4.88. The maximum Gasteiger partial charge on any atom is 0.223 e. The lowest BCUT2D eigenvalue weighted by molar-refractivity contribution is -0.129. The first-order valence-corrected chi connectivity index (χ1v) is 6.50. The lowest BCUT2D eigenvalue weighted by Gasteiger charge is -2.29. The van der Waals surface area contributed by atoms with Gasteiger partial charge in [0, 0.05) is 18.5 Å². The molecule has 1 amide bonds. The third kappa shape index (κ3) is 1.87. The molecule has 4 nitrogen and oxygen atoms in total. The standard InChI is InChI=1S/C15H17NO3/c1-10-13(18-2)9-11(12-5-4-8-19-12)15(10)16-7-3-6-14(16)17/h4-5,8-9,11,15H,1,3,6-7H2,2H3/t11-,15+/m1/s1. The fourth-order valence-corrected chi connectivity index (χ4v) is 2.99. The molecule has 19 heavy (non-hydrogen) atoms. The van der Waals surface area contributed by atoms with E-state index >= 15 is 0 Å². The van der Waals surface area contributed by atoms with E-state index in [9.17, 15) is 4.79 Å². The smallest absolute Gasteiger partial charge is 0.223 e. The monoisotopic (exact) mass is 259 g/mol. The maximum atomic E-state index is 12.0. The number of ether oxygens (including phenoxy) is 1. The number of rotatable bonds is 3. The van der Waals surface area contributed by atoms with Crippen molar-refractivity contribution in [2.75, 3.05) is 13.7 Å². The maximum absolute atomic E-state index is 12.0.